The van der Waals surface area contributed by atoms with Gasteiger partial charge in [-0.15, -0.1) is 0 Å². The van der Waals surface area contributed by atoms with E-state index in [0.717, 1.165) is 0 Å². The molecule has 0 unspecified atom stereocenters. The number of phenols is 1. The molecule has 2 N–H and O–H groups in total. The molecule has 1 saturated heterocycles. The maximum atomic E-state index is 13.3. The van der Waals surface area contributed by atoms with Crippen molar-refractivity contribution < 1.29 is 27.8 Å². The Morgan fingerprint density at radius 3 is 2.53 bits per heavy atom. The predicted octanol–water partition coefficient (Wildman–Crippen LogP) is 0.938. The Morgan fingerprint density at radius 1 is 1.35 bits per heavy atom. The van der Waals surface area contributed by atoms with Crippen LogP contribution in [0.3, 0.4) is 0 Å². The first-order valence-corrected chi connectivity index (χ1v) is 4.75. The second kappa shape index (κ2) is 4.25. The average molecular weight is 247 g/mol. The number of ether oxygens (including phenoxy) is 1. The highest BCUT2D eigenvalue weighted by atomic mass is 19.2. The van der Waals surface area contributed by atoms with E-state index in [1.54, 1.807) is 0 Å². The van der Waals surface area contributed by atoms with E-state index in [0.29, 0.717) is 6.07 Å². The molecule has 92 valence electrons. The van der Waals surface area contributed by atoms with Crippen LogP contribution in [-0.4, -0.2) is 30.3 Å². The lowest BCUT2D eigenvalue weighted by atomic mass is 10.1. The molecule has 1 aliphatic rings. The quantitative estimate of drug-likeness (QED) is 0.764. The Kier molecular flexibility index (Phi) is 2.93. The third-order valence-electron chi connectivity index (χ3n) is 2.35. The molecule has 1 aromatic rings. The van der Waals surface area contributed by atoms with Gasteiger partial charge in [0.1, 0.15) is 0 Å². The van der Waals surface area contributed by atoms with Crippen LogP contribution < -0.4 is 5.32 Å². The molecule has 17 heavy (non-hydrogen) atoms. The van der Waals surface area contributed by atoms with Gasteiger partial charge >= 0.3 is 0 Å². The summed E-state index contributed by atoms with van der Waals surface area (Å²) in [5.74, 6) is -7.11. The fraction of sp³-hybridized carbons (Fsp3) is 0.300. The highest BCUT2D eigenvalue weighted by Gasteiger charge is 2.26. The molecule has 0 saturated carbocycles. The number of aromatic hydroxyl groups is 1. The van der Waals surface area contributed by atoms with Crippen molar-refractivity contribution in [1.29, 1.82) is 0 Å². The van der Waals surface area contributed by atoms with Gasteiger partial charge in [0.25, 0.3) is 5.91 Å². The van der Waals surface area contributed by atoms with Gasteiger partial charge < -0.3 is 15.2 Å². The molecule has 1 aromatic carbocycles. The van der Waals surface area contributed by atoms with Crippen molar-refractivity contribution in [3.05, 3.63) is 29.1 Å². The van der Waals surface area contributed by atoms with Crippen LogP contribution in [0.4, 0.5) is 13.2 Å². The number of halogens is 3. The lowest BCUT2D eigenvalue weighted by molar-refractivity contribution is -0.00354. The van der Waals surface area contributed by atoms with E-state index >= 15 is 0 Å². The van der Waals surface area contributed by atoms with Crippen LogP contribution in [-0.2, 0) is 4.74 Å². The van der Waals surface area contributed by atoms with E-state index < -0.39 is 34.7 Å². The molecule has 1 amide bonds. The maximum absolute atomic E-state index is 13.3. The largest absolute Gasteiger partial charge is 0.503 e. The van der Waals surface area contributed by atoms with Crippen molar-refractivity contribution in [2.75, 3.05) is 13.2 Å². The molecule has 2 rings (SSSR count). The van der Waals surface area contributed by atoms with Crippen LogP contribution in [0.5, 0.6) is 5.75 Å². The zero-order valence-electron chi connectivity index (χ0n) is 8.47. The topological polar surface area (TPSA) is 58.6 Å². The number of hydrogen-bond acceptors (Lipinski definition) is 3. The Hall–Kier alpha value is -1.76. The third-order valence-corrected chi connectivity index (χ3v) is 2.35. The number of carbonyl (C=O) groups is 1. The number of amides is 1. The van der Waals surface area contributed by atoms with Gasteiger partial charge in [-0.1, -0.05) is 0 Å². The summed E-state index contributed by atoms with van der Waals surface area (Å²) >= 11 is 0. The summed E-state index contributed by atoms with van der Waals surface area (Å²) in [7, 11) is 0. The minimum atomic E-state index is -1.72. The van der Waals surface area contributed by atoms with Crippen molar-refractivity contribution in [2.24, 2.45) is 0 Å². The van der Waals surface area contributed by atoms with Crippen LogP contribution in [0.15, 0.2) is 6.07 Å². The summed E-state index contributed by atoms with van der Waals surface area (Å²) in [5.41, 5.74) is -0.742. The first kappa shape index (κ1) is 11.7. The van der Waals surface area contributed by atoms with Crippen LogP contribution >= 0.6 is 0 Å². The van der Waals surface area contributed by atoms with Crippen LogP contribution in [0, 0.1) is 17.5 Å². The first-order chi connectivity index (χ1) is 8.00. The molecule has 1 fully saturated rings. The minimum absolute atomic E-state index is 0.280. The molecule has 7 heteroatoms. The van der Waals surface area contributed by atoms with Gasteiger partial charge in [0, 0.05) is 0 Å². The Bertz CT molecular complexity index is 474. The molecule has 0 spiro atoms. The van der Waals surface area contributed by atoms with Crippen molar-refractivity contribution in [2.45, 2.75) is 6.04 Å². The number of carbonyl (C=O) groups excluding carboxylic acids is 1. The summed E-state index contributed by atoms with van der Waals surface area (Å²) in [6.45, 7) is 0.562. The fourth-order valence-corrected chi connectivity index (χ4v) is 1.34. The van der Waals surface area contributed by atoms with E-state index in [-0.39, 0.29) is 19.3 Å². The van der Waals surface area contributed by atoms with E-state index in [9.17, 15) is 18.0 Å². The second-order valence-corrected chi connectivity index (χ2v) is 3.59. The smallest absolute Gasteiger partial charge is 0.254 e. The zero-order valence-corrected chi connectivity index (χ0v) is 8.47. The van der Waals surface area contributed by atoms with Crippen LogP contribution in [0.25, 0.3) is 0 Å². The lowest BCUT2D eigenvalue weighted by Crippen LogP contribution is -2.48. The maximum Gasteiger partial charge on any atom is 0.254 e. The van der Waals surface area contributed by atoms with Crippen LogP contribution in [0.1, 0.15) is 10.4 Å². The molecule has 4 nitrogen and oxygen atoms in total. The van der Waals surface area contributed by atoms with Gasteiger partial charge in [0.05, 0.1) is 24.8 Å². The summed E-state index contributed by atoms with van der Waals surface area (Å²) in [6, 6.07) is 0.122. The molecule has 1 aliphatic heterocycles. The first-order valence-electron chi connectivity index (χ1n) is 4.75. The summed E-state index contributed by atoms with van der Waals surface area (Å²) in [4.78, 5) is 11.5. The monoisotopic (exact) mass is 247 g/mol. The Labute approximate surface area is 94.0 Å². The average Bonchev–Trinajstić information content (AvgIpc) is 2.25. The van der Waals surface area contributed by atoms with Gasteiger partial charge in [-0.05, 0) is 6.07 Å². The Morgan fingerprint density at radius 2 is 2.00 bits per heavy atom. The van der Waals surface area contributed by atoms with Crippen molar-refractivity contribution in [1.82, 2.24) is 5.32 Å². The van der Waals surface area contributed by atoms with Crippen molar-refractivity contribution >= 4 is 5.91 Å². The molecule has 1 heterocycles. The summed E-state index contributed by atoms with van der Waals surface area (Å²) < 4.78 is 43.8. The molecule has 0 bridgehead atoms. The predicted molar refractivity (Wildman–Crippen MR) is 50.1 cm³/mol. The number of rotatable bonds is 2. The number of hydrogen-bond donors (Lipinski definition) is 2. The molecule has 0 aromatic heterocycles. The highest BCUT2D eigenvalue weighted by molar-refractivity contribution is 5.95. The molecule has 0 aliphatic carbocycles. The normalized spacial score (nSPS) is 15.5. The summed E-state index contributed by atoms with van der Waals surface area (Å²) in [5, 5.41) is 11.3. The van der Waals surface area contributed by atoms with Crippen molar-refractivity contribution in [3.63, 3.8) is 0 Å². The van der Waals surface area contributed by atoms with Gasteiger partial charge in [-0.3, -0.25) is 4.79 Å². The van der Waals surface area contributed by atoms with E-state index in [1.807, 2.05) is 0 Å². The molecular weight excluding hydrogens is 239 g/mol. The molecule has 0 atom stereocenters. The van der Waals surface area contributed by atoms with E-state index in [4.69, 9.17) is 9.84 Å². The molecule has 0 radical (unpaired) electrons. The Balaban J connectivity index is 2.28. The lowest BCUT2D eigenvalue weighted by Gasteiger charge is -2.26. The van der Waals surface area contributed by atoms with Crippen molar-refractivity contribution in [3.8, 4) is 5.75 Å². The number of nitrogens with one attached hydrogen (secondary N) is 1. The van der Waals surface area contributed by atoms with Crippen LogP contribution in [0.2, 0.25) is 0 Å². The van der Waals surface area contributed by atoms with E-state index in [1.165, 1.54) is 0 Å². The van der Waals surface area contributed by atoms with Gasteiger partial charge in [0.15, 0.2) is 17.4 Å². The van der Waals surface area contributed by atoms with Gasteiger partial charge in [0.2, 0.25) is 5.82 Å². The number of benzene rings is 1. The van der Waals surface area contributed by atoms with E-state index in [2.05, 4.69) is 5.32 Å². The zero-order chi connectivity index (χ0) is 12.6. The molecular formula is C10H8F3NO3. The standard InChI is InChI=1S/C10H8F3NO3/c11-6-1-5(7(12)9(15)8(6)13)10(16)14-4-2-17-3-4/h1,4,15H,2-3H2,(H,14,16). The number of phenolic OH excluding ortho intramolecular Hbond substituents is 1. The van der Waals surface area contributed by atoms with Gasteiger partial charge in [-0.25, -0.2) is 8.78 Å². The fourth-order valence-electron chi connectivity index (χ4n) is 1.34. The third kappa shape index (κ3) is 2.05. The summed E-state index contributed by atoms with van der Waals surface area (Å²) in [6.07, 6.45) is 0. The van der Waals surface area contributed by atoms with Gasteiger partial charge in [-0.2, -0.15) is 4.39 Å². The highest BCUT2D eigenvalue weighted by Crippen LogP contribution is 2.25. The second-order valence-electron chi connectivity index (χ2n) is 3.59. The SMILES string of the molecule is O=C(NC1COC1)c1cc(F)c(F)c(O)c1F. The minimum Gasteiger partial charge on any atom is -0.503 e.